The molecule has 0 bridgehead atoms. The van der Waals surface area contributed by atoms with Crippen molar-refractivity contribution in [1.29, 1.82) is 0 Å². The molecule has 5 nitrogen and oxygen atoms in total. The first-order valence-electron chi connectivity index (χ1n) is 7.62. The molecule has 0 amide bonds. The first-order chi connectivity index (χ1) is 9.71. The zero-order valence-electron chi connectivity index (χ0n) is 14.6. The molecule has 1 saturated heterocycles. The van der Waals surface area contributed by atoms with Crippen LogP contribution in [-0.4, -0.2) is 36.0 Å². The molecule has 1 N–H and O–H groups in total. The first kappa shape index (κ1) is 19.3. The third-order valence-electron chi connectivity index (χ3n) is 3.88. The van der Waals surface area contributed by atoms with Crippen LogP contribution < -0.4 is 5.32 Å². The van der Waals surface area contributed by atoms with Gasteiger partial charge in [0.15, 0.2) is 5.96 Å². The molecule has 1 aliphatic rings. The van der Waals surface area contributed by atoms with Gasteiger partial charge in [-0.1, -0.05) is 34.6 Å². The van der Waals surface area contributed by atoms with Crippen molar-refractivity contribution < 1.29 is 4.42 Å². The highest BCUT2D eigenvalue weighted by atomic mass is 127. The molecule has 2 heterocycles. The molecular weight excluding hydrogens is 391 g/mol. The van der Waals surface area contributed by atoms with Crippen molar-refractivity contribution in [2.75, 3.05) is 20.1 Å². The fraction of sp³-hybridized carbons (Fsp3) is 0.750. The summed E-state index contributed by atoms with van der Waals surface area (Å²) in [7, 11) is 1.82. The minimum absolute atomic E-state index is 0. The van der Waals surface area contributed by atoms with E-state index in [0.29, 0.717) is 17.9 Å². The summed E-state index contributed by atoms with van der Waals surface area (Å²) in [4.78, 5) is 11.0. The van der Waals surface area contributed by atoms with Crippen LogP contribution in [0.2, 0.25) is 0 Å². The monoisotopic (exact) mass is 420 g/mol. The van der Waals surface area contributed by atoms with Crippen molar-refractivity contribution >= 4 is 29.9 Å². The van der Waals surface area contributed by atoms with E-state index in [1.165, 1.54) is 6.42 Å². The van der Waals surface area contributed by atoms with E-state index in [2.05, 4.69) is 54.8 Å². The molecule has 126 valence electrons. The third-order valence-corrected chi connectivity index (χ3v) is 3.88. The molecule has 0 spiro atoms. The van der Waals surface area contributed by atoms with Crippen LogP contribution in [0.1, 0.15) is 52.7 Å². The molecule has 22 heavy (non-hydrogen) atoms. The zero-order valence-corrected chi connectivity index (χ0v) is 16.9. The number of guanidine groups is 1. The molecule has 1 aromatic rings. The van der Waals surface area contributed by atoms with Gasteiger partial charge in [0.05, 0.1) is 12.7 Å². The van der Waals surface area contributed by atoms with Crippen molar-refractivity contribution in [2.24, 2.45) is 10.4 Å². The van der Waals surface area contributed by atoms with Gasteiger partial charge in [0.25, 0.3) is 0 Å². The second kappa shape index (κ2) is 7.19. The largest absolute Gasteiger partial charge is 0.443 e. The minimum Gasteiger partial charge on any atom is -0.443 e. The van der Waals surface area contributed by atoms with Crippen LogP contribution in [0.4, 0.5) is 0 Å². The molecule has 2 rings (SSSR count). The van der Waals surface area contributed by atoms with Gasteiger partial charge in [-0.15, -0.1) is 24.0 Å². The molecule has 0 saturated carbocycles. The summed E-state index contributed by atoms with van der Waals surface area (Å²) in [5, 5.41) is 3.35. The molecule has 0 aliphatic carbocycles. The van der Waals surface area contributed by atoms with E-state index in [4.69, 9.17) is 4.42 Å². The Morgan fingerprint density at radius 1 is 1.45 bits per heavy atom. The maximum absolute atomic E-state index is 5.80. The van der Waals surface area contributed by atoms with Crippen LogP contribution in [0.5, 0.6) is 0 Å². The van der Waals surface area contributed by atoms with Crippen LogP contribution in [0.25, 0.3) is 0 Å². The van der Waals surface area contributed by atoms with Crippen molar-refractivity contribution in [3.63, 3.8) is 0 Å². The number of nitrogens with zero attached hydrogens (tertiary/aromatic N) is 3. The highest BCUT2D eigenvalue weighted by Gasteiger charge is 2.31. The number of likely N-dealkylation sites (tertiary alicyclic amines) is 1. The lowest BCUT2D eigenvalue weighted by Gasteiger charge is -2.23. The minimum atomic E-state index is -0.00803. The van der Waals surface area contributed by atoms with Crippen LogP contribution in [0, 0.1) is 5.41 Å². The van der Waals surface area contributed by atoms with Crippen LogP contribution in [0.15, 0.2) is 15.6 Å². The Morgan fingerprint density at radius 3 is 2.59 bits per heavy atom. The Labute approximate surface area is 151 Å². The van der Waals surface area contributed by atoms with Gasteiger partial charge in [-0.05, 0) is 11.8 Å². The van der Waals surface area contributed by atoms with E-state index in [9.17, 15) is 0 Å². The van der Waals surface area contributed by atoms with Gasteiger partial charge in [0.2, 0.25) is 5.89 Å². The van der Waals surface area contributed by atoms with E-state index in [-0.39, 0.29) is 29.4 Å². The van der Waals surface area contributed by atoms with E-state index in [1.807, 2.05) is 13.2 Å². The summed E-state index contributed by atoms with van der Waals surface area (Å²) < 4.78 is 5.80. The number of oxazole rings is 1. The molecule has 1 fully saturated rings. The average molecular weight is 420 g/mol. The number of aromatic nitrogens is 1. The van der Waals surface area contributed by atoms with E-state index in [1.54, 1.807) is 0 Å². The third kappa shape index (κ3) is 4.86. The second-order valence-corrected chi connectivity index (χ2v) is 7.60. The molecule has 0 atom stereocenters. The van der Waals surface area contributed by atoms with E-state index < -0.39 is 0 Å². The van der Waals surface area contributed by atoms with Gasteiger partial charge < -0.3 is 14.6 Å². The van der Waals surface area contributed by atoms with Gasteiger partial charge in [-0.2, -0.15) is 0 Å². The highest BCUT2D eigenvalue weighted by molar-refractivity contribution is 14.0. The van der Waals surface area contributed by atoms with Gasteiger partial charge in [-0.25, -0.2) is 4.98 Å². The predicted octanol–water partition coefficient (Wildman–Crippen LogP) is 3.40. The average Bonchev–Trinajstić information content (AvgIpc) is 2.96. The Hall–Kier alpha value is -0.790. The van der Waals surface area contributed by atoms with E-state index in [0.717, 1.165) is 24.8 Å². The molecule has 1 aromatic heterocycles. The SMILES string of the molecule is CN=C(NCc1ncc(C(C)(C)C)o1)N1CCC(C)(C)C1.I. The highest BCUT2D eigenvalue weighted by Crippen LogP contribution is 2.28. The Morgan fingerprint density at radius 2 is 2.14 bits per heavy atom. The summed E-state index contributed by atoms with van der Waals surface area (Å²) in [6, 6.07) is 0. The summed E-state index contributed by atoms with van der Waals surface area (Å²) >= 11 is 0. The smallest absolute Gasteiger partial charge is 0.213 e. The summed E-state index contributed by atoms with van der Waals surface area (Å²) in [6.07, 6.45) is 3.01. The summed E-state index contributed by atoms with van der Waals surface area (Å²) in [6.45, 7) is 13.6. The first-order valence-corrected chi connectivity index (χ1v) is 7.62. The molecular formula is C16H29IN4O. The standard InChI is InChI=1S/C16H28N4O.HI/c1-15(2,3)12-9-18-13(21-12)10-19-14(17-6)20-8-7-16(4,5)11-20;/h9H,7-8,10-11H2,1-6H3,(H,17,19);1H. The van der Waals surface area contributed by atoms with Crippen molar-refractivity contribution in [3.8, 4) is 0 Å². The van der Waals surface area contributed by atoms with Crippen LogP contribution in [-0.2, 0) is 12.0 Å². The maximum atomic E-state index is 5.80. The molecule has 0 unspecified atom stereocenters. The fourth-order valence-electron chi connectivity index (χ4n) is 2.52. The van der Waals surface area contributed by atoms with Gasteiger partial charge in [0.1, 0.15) is 5.76 Å². The number of halogens is 1. The van der Waals surface area contributed by atoms with Crippen molar-refractivity contribution in [1.82, 2.24) is 15.2 Å². The van der Waals surface area contributed by atoms with Gasteiger partial charge in [-0.3, -0.25) is 4.99 Å². The topological polar surface area (TPSA) is 53.7 Å². The Bertz CT molecular complexity index is 516. The maximum Gasteiger partial charge on any atom is 0.213 e. The van der Waals surface area contributed by atoms with Gasteiger partial charge in [0, 0.05) is 25.6 Å². The number of hydrogen-bond acceptors (Lipinski definition) is 3. The lowest BCUT2D eigenvalue weighted by molar-refractivity contribution is 0.363. The van der Waals surface area contributed by atoms with E-state index >= 15 is 0 Å². The van der Waals surface area contributed by atoms with Crippen LogP contribution in [0.3, 0.4) is 0 Å². The molecule has 0 radical (unpaired) electrons. The number of rotatable bonds is 2. The van der Waals surface area contributed by atoms with Crippen LogP contribution >= 0.6 is 24.0 Å². The van der Waals surface area contributed by atoms with Crippen molar-refractivity contribution in [2.45, 2.75) is 53.0 Å². The van der Waals surface area contributed by atoms with Gasteiger partial charge >= 0.3 is 0 Å². The molecule has 1 aliphatic heterocycles. The van der Waals surface area contributed by atoms with Crippen molar-refractivity contribution in [3.05, 3.63) is 17.8 Å². The molecule has 6 heteroatoms. The number of nitrogens with one attached hydrogen (secondary N) is 1. The lowest BCUT2D eigenvalue weighted by Crippen LogP contribution is -2.40. The fourth-order valence-corrected chi connectivity index (χ4v) is 2.52. The zero-order chi connectivity index (χ0) is 15.7. The number of hydrogen-bond donors (Lipinski definition) is 1. The predicted molar refractivity (Wildman–Crippen MR) is 101 cm³/mol. The quantitative estimate of drug-likeness (QED) is 0.453. The lowest BCUT2D eigenvalue weighted by atomic mass is 9.93. The molecule has 0 aromatic carbocycles. The summed E-state index contributed by atoms with van der Waals surface area (Å²) in [5.41, 5.74) is 0.353. The second-order valence-electron chi connectivity index (χ2n) is 7.60. The Kier molecular flexibility index (Phi) is 6.29. The normalized spacial score (nSPS) is 18.3. The summed E-state index contributed by atoms with van der Waals surface area (Å²) in [5.74, 6) is 2.55. The number of aliphatic imine (C=N–C) groups is 1. The Balaban J connectivity index is 0.00000242.